The SMILES string of the molecule is NC(=O)c1nc(N2CC3CCCCCC(C2)C3N)nc(N)c1-c1cccc(Cl)c1Cl. The quantitative estimate of drug-likeness (QED) is 0.659. The topological polar surface area (TPSA) is 124 Å². The molecule has 1 aromatic carbocycles. The van der Waals surface area contributed by atoms with Crippen molar-refractivity contribution in [2.24, 2.45) is 23.3 Å². The molecule has 2 heterocycles. The van der Waals surface area contributed by atoms with E-state index in [-0.39, 0.29) is 22.6 Å². The summed E-state index contributed by atoms with van der Waals surface area (Å²) in [5.41, 5.74) is 19.3. The second kappa shape index (κ2) is 8.57. The third-order valence-corrected chi connectivity index (χ3v) is 7.13. The third kappa shape index (κ3) is 3.94. The summed E-state index contributed by atoms with van der Waals surface area (Å²) in [6.45, 7) is 1.49. The van der Waals surface area contributed by atoms with Crippen LogP contribution in [-0.2, 0) is 0 Å². The standard InChI is InChI=1S/C21H26Cl2N6O/c22-14-8-4-7-13(16(14)23)15-18(20(26)30)27-21(28-19(15)25)29-9-11-5-2-1-3-6-12(10-29)17(11)24/h4,7-8,11-12,17H,1-3,5-6,9-10,24H2,(H2,26,30)(H2,25,27,28). The van der Waals surface area contributed by atoms with Crippen LogP contribution in [0.15, 0.2) is 18.2 Å². The van der Waals surface area contributed by atoms with Gasteiger partial charge in [-0.2, -0.15) is 4.98 Å². The number of piperidine rings is 1. The summed E-state index contributed by atoms with van der Waals surface area (Å²) < 4.78 is 0. The molecule has 7 nitrogen and oxygen atoms in total. The van der Waals surface area contributed by atoms with Gasteiger partial charge in [0.05, 0.1) is 15.6 Å². The maximum atomic E-state index is 12.3. The number of carbonyl (C=O) groups is 1. The van der Waals surface area contributed by atoms with Crippen LogP contribution >= 0.6 is 23.2 Å². The highest BCUT2D eigenvalue weighted by molar-refractivity contribution is 6.44. The molecule has 0 spiro atoms. The van der Waals surface area contributed by atoms with Crippen molar-refractivity contribution in [1.29, 1.82) is 0 Å². The number of nitrogen functional groups attached to an aromatic ring is 1. The smallest absolute Gasteiger partial charge is 0.268 e. The normalized spacial score (nSPS) is 24.2. The third-order valence-electron chi connectivity index (χ3n) is 6.31. The lowest BCUT2D eigenvalue weighted by Gasteiger charge is -2.43. The Kier molecular flexibility index (Phi) is 6.04. The first kappa shape index (κ1) is 21.2. The number of nitrogens with zero attached hydrogens (tertiary/aromatic N) is 3. The van der Waals surface area contributed by atoms with Gasteiger partial charge in [0.2, 0.25) is 5.95 Å². The van der Waals surface area contributed by atoms with Crippen LogP contribution in [-0.4, -0.2) is 35.0 Å². The van der Waals surface area contributed by atoms with Crippen molar-refractivity contribution in [2.45, 2.75) is 38.1 Å². The molecule has 1 amide bonds. The fourth-order valence-corrected chi connectivity index (χ4v) is 5.13. The summed E-state index contributed by atoms with van der Waals surface area (Å²) >= 11 is 12.5. The Labute approximate surface area is 185 Å². The van der Waals surface area contributed by atoms with Gasteiger partial charge in [-0.3, -0.25) is 4.79 Å². The fourth-order valence-electron chi connectivity index (χ4n) is 4.74. The number of primary amides is 1. The van der Waals surface area contributed by atoms with Crippen molar-refractivity contribution in [3.8, 4) is 11.1 Å². The Morgan fingerprint density at radius 3 is 2.37 bits per heavy atom. The minimum absolute atomic E-state index is 0.0386. The van der Waals surface area contributed by atoms with E-state index in [2.05, 4.69) is 14.9 Å². The van der Waals surface area contributed by atoms with Crippen LogP contribution in [0.1, 0.15) is 42.6 Å². The van der Waals surface area contributed by atoms with Crippen molar-refractivity contribution in [2.75, 3.05) is 23.7 Å². The zero-order chi connectivity index (χ0) is 21.4. The van der Waals surface area contributed by atoms with Crippen LogP contribution < -0.4 is 22.1 Å². The number of anilines is 2. The van der Waals surface area contributed by atoms with Gasteiger partial charge in [0.15, 0.2) is 0 Å². The van der Waals surface area contributed by atoms with E-state index in [4.69, 9.17) is 40.4 Å². The predicted molar refractivity (Wildman–Crippen MR) is 121 cm³/mol. The molecule has 2 bridgehead atoms. The molecule has 1 aliphatic heterocycles. The number of fused-ring (bicyclic) bond motifs is 2. The fraction of sp³-hybridized carbons (Fsp3) is 0.476. The van der Waals surface area contributed by atoms with Crippen LogP contribution in [0.25, 0.3) is 11.1 Å². The van der Waals surface area contributed by atoms with Gasteiger partial charge >= 0.3 is 0 Å². The van der Waals surface area contributed by atoms with Crippen molar-refractivity contribution in [3.63, 3.8) is 0 Å². The van der Waals surface area contributed by atoms with E-state index in [0.29, 0.717) is 33.9 Å². The lowest BCUT2D eigenvalue weighted by molar-refractivity contribution is 0.0996. The van der Waals surface area contributed by atoms with Gasteiger partial charge in [0.25, 0.3) is 5.91 Å². The van der Waals surface area contributed by atoms with E-state index in [1.165, 1.54) is 19.3 Å². The number of hydrogen-bond donors (Lipinski definition) is 3. The van der Waals surface area contributed by atoms with Gasteiger partial charge in [-0.1, -0.05) is 54.6 Å². The second-order valence-corrected chi connectivity index (χ2v) is 9.02. The number of hydrogen-bond acceptors (Lipinski definition) is 6. The van der Waals surface area contributed by atoms with Crippen molar-refractivity contribution in [3.05, 3.63) is 33.9 Å². The summed E-state index contributed by atoms with van der Waals surface area (Å²) in [5, 5.41) is 0.620. The summed E-state index contributed by atoms with van der Waals surface area (Å²) in [6.07, 6.45) is 5.79. The highest BCUT2D eigenvalue weighted by atomic mass is 35.5. The minimum Gasteiger partial charge on any atom is -0.383 e. The molecule has 2 aromatic rings. The molecule has 2 fully saturated rings. The van der Waals surface area contributed by atoms with E-state index in [1.54, 1.807) is 18.2 Å². The molecule has 9 heteroatoms. The zero-order valence-corrected chi connectivity index (χ0v) is 18.2. The highest BCUT2D eigenvalue weighted by Crippen LogP contribution is 2.39. The molecule has 2 unspecified atom stereocenters. The number of rotatable bonds is 3. The van der Waals surface area contributed by atoms with E-state index in [0.717, 1.165) is 25.9 Å². The largest absolute Gasteiger partial charge is 0.383 e. The lowest BCUT2D eigenvalue weighted by Crippen LogP contribution is -2.54. The maximum absolute atomic E-state index is 12.3. The summed E-state index contributed by atoms with van der Waals surface area (Å²) in [4.78, 5) is 23.4. The monoisotopic (exact) mass is 448 g/mol. The maximum Gasteiger partial charge on any atom is 0.268 e. The molecule has 6 N–H and O–H groups in total. The van der Waals surface area contributed by atoms with Gasteiger partial charge in [-0.15, -0.1) is 0 Å². The number of carbonyl (C=O) groups excluding carboxylic acids is 1. The van der Waals surface area contributed by atoms with Crippen molar-refractivity contribution in [1.82, 2.24) is 9.97 Å². The summed E-state index contributed by atoms with van der Waals surface area (Å²) in [6, 6.07) is 5.28. The van der Waals surface area contributed by atoms with Gasteiger partial charge in [0.1, 0.15) is 11.5 Å². The van der Waals surface area contributed by atoms with Gasteiger partial charge in [-0.25, -0.2) is 4.98 Å². The Bertz CT molecular complexity index is 953. The van der Waals surface area contributed by atoms with Crippen LogP contribution in [0, 0.1) is 11.8 Å². The van der Waals surface area contributed by atoms with Gasteiger partial charge < -0.3 is 22.1 Å². The zero-order valence-electron chi connectivity index (χ0n) is 16.7. The van der Waals surface area contributed by atoms with Gasteiger partial charge in [0, 0.05) is 24.7 Å². The van der Waals surface area contributed by atoms with E-state index < -0.39 is 5.91 Å². The molecule has 1 aliphatic carbocycles. The van der Waals surface area contributed by atoms with E-state index in [9.17, 15) is 4.79 Å². The Morgan fingerprint density at radius 2 is 1.73 bits per heavy atom. The van der Waals surface area contributed by atoms with Crippen LogP contribution in [0.2, 0.25) is 10.0 Å². The van der Waals surface area contributed by atoms with E-state index >= 15 is 0 Å². The molecule has 4 rings (SSSR count). The second-order valence-electron chi connectivity index (χ2n) is 8.24. The summed E-state index contributed by atoms with van der Waals surface area (Å²) in [7, 11) is 0. The number of halogens is 2. The molecule has 1 saturated carbocycles. The molecule has 1 aromatic heterocycles. The first-order valence-electron chi connectivity index (χ1n) is 10.3. The Balaban J connectivity index is 1.76. The first-order chi connectivity index (χ1) is 14.4. The van der Waals surface area contributed by atoms with Crippen LogP contribution in [0.4, 0.5) is 11.8 Å². The van der Waals surface area contributed by atoms with Gasteiger partial charge in [-0.05, 0) is 30.7 Å². The van der Waals surface area contributed by atoms with Crippen molar-refractivity contribution >= 4 is 40.9 Å². The number of aromatic nitrogens is 2. The first-order valence-corrected chi connectivity index (χ1v) is 11.0. The molecular formula is C21H26Cl2N6O. The molecule has 30 heavy (non-hydrogen) atoms. The molecule has 0 radical (unpaired) electrons. The number of benzene rings is 1. The van der Waals surface area contributed by atoms with Crippen LogP contribution in [0.3, 0.4) is 0 Å². The molecule has 160 valence electrons. The molecule has 1 saturated heterocycles. The average Bonchev–Trinajstić information content (AvgIpc) is 2.71. The minimum atomic E-state index is -0.695. The Hall–Kier alpha value is -2.09. The average molecular weight is 449 g/mol. The molecule has 2 aliphatic rings. The molecular weight excluding hydrogens is 423 g/mol. The lowest BCUT2D eigenvalue weighted by atomic mass is 9.77. The van der Waals surface area contributed by atoms with E-state index in [1.807, 2.05) is 0 Å². The highest BCUT2D eigenvalue weighted by Gasteiger charge is 2.36. The van der Waals surface area contributed by atoms with Crippen LogP contribution in [0.5, 0.6) is 0 Å². The number of nitrogens with two attached hydrogens (primary N) is 3. The molecule has 2 atom stereocenters. The number of amides is 1. The predicted octanol–water partition coefficient (Wildman–Crippen LogP) is 3.48. The van der Waals surface area contributed by atoms with Crippen molar-refractivity contribution < 1.29 is 4.79 Å². The summed E-state index contributed by atoms with van der Waals surface area (Å²) in [5.74, 6) is 0.596. The Morgan fingerprint density at radius 1 is 1.07 bits per heavy atom.